The van der Waals surface area contributed by atoms with E-state index >= 15 is 0 Å². The van der Waals surface area contributed by atoms with Gasteiger partial charge in [0.2, 0.25) is 0 Å². The van der Waals surface area contributed by atoms with Crippen LogP contribution < -0.4 is 10.1 Å². The monoisotopic (exact) mass is 265 g/mol. The number of benzene rings is 1. The molecule has 1 heterocycles. The highest BCUT2D eigenvalue weighted by Gasteiger charge is 2.12. The Morgan fingerprint density at radius 1 is 1.22 bits per heavy atom. The van der Waals surface area contributed by atoms with Gasteiger partial charge in [-0.15, -0.1) is 0 Å². The molecule has 0 atom stereocenters. The summed E-state index contributed by atoms with van der Waals surface area (Å²) in [5.74, 6) is 3.60. The van der Waals surface area contributed by atoms with Crippen LogP contribution in [0, 0.1) is 0 Å². The largest absolute Gasteiger partial charge is 0.494 e. The summed E-state index contributed by atoms with van der Waals surface area (Å²) in [6.45, 7) is 3.90. The summed E-state index contributed by atoms with van der Waals surface area (Å²) in [6, 6.07) is 9.18. The average Bonchev–Trinajstić information content (AvgIpc) is 2.45. The summed E-state index contributed by atoms with van der Waals surface area (Å²) in [6.07, 6.45) is 3.67. The van der Waals surface area contributed by atoms with Crippen LogP contribution in [0.15, 0.2) is 24.3 Å². The Morgan fingerprint density at radius 2 is 1.94 bits per heavy atom. The molecule has 2 rings (SSSR count). The summed E-state index contributed by atoms with van der Waals surface area (Å²) < 4.78 is 5.58. The zero-order valence-corrected chi connectivity index (χ0v) is 12.0. The highest BCUT2D eigenvalue weighted by molar-refractivity contribution is 7.99. The summed E-state index contributed by atoms with van der Waals surface area (Å²) in [7, 11) is 0. The van der Waals surface area contributed by atoms with Crippen LogP contribution in [0.25, 0.3) is 0 Å². The summed E-state index contributed by atoms with van der Waals surface area (Å²) >= 11 is 2.07. The van der Waals surface area contributed by atoms with Crippen molar-refractivity contribution in [2.75, 3.05) is 18.1 Å². The zero-order chi connectivity index (χ0) is 12.6. The first-order valence-corrected chi connectivity index (χ1v) is 8.07. The minimum absolute atomic E-state index is 0.710. The van der Waals surface area contributed by atoms with Crippen molar-refractivity contribution >= 4 is 11.8 Å². The first kappa shape index (κ1) is 13.8. The number of hydrogen-bond donors (Lipinski definition) is 1. The fourth-order valence-electron chi connectivity index (χ4n) is 2.09. The van der Waals surface area contributed by atoms with Crippen molar-refractivity contribution in [3.63, 3.8) is 0 Å². The van der Waals surface area contributed by atoms with Gasteiger partial charge in [-0.1, -0.05) is 19.1 Å². The Morgan fingerprint density at radius 3 is 2.61 bits per heavy atom. The standard InChI is InChI=1S/C15H23NOS/c1-2-9-17-15-5-3-13(4-6-15)12-16-14-7-10-18-11-8-14/h3-6,14,16H,2,7-12H2,1H3. The normalized spacial score (nSPS) is 16.7. The van der Waals surface area contributed by atoms with Gasteiger partial charge in [0, 0.05) is 12.6 Å². The van der Waals surface area contributed by atoms with E-state index < -0.39 is 0 Å². The highest BCUT2D eigenvalue weighted by atomic mass is 32.2. The summed E-state index contributed by atoms with van der Waals surface area (Å²) in [5, 5.41) is 3.65. The van der Waals surface area contributed by atoms with E-state index in [9.17, 15) is 0 Å². The molecule has 1 saturated heterocycles. The maximum Gasteiger partial charge on any atom is 0.119 e. The van der Waals surface area contributed by atoms with Crippen LogP contribution in [0.3, 0.4) is 0 Å². The maximum atomic E-state index is 5.58. The Balaban J connectivity index is 1.75. The molecule has 0 aromatic heterocycles. The minimum Gasteiger partial charge on any atom is -0.494 e. The van der Waals surface area contributed by atoms with E-state index in [2.05, 4.69) is 48.3 Å². The quantitative estimate of drug-likeness (QED) is 0.851. The van der Waals surface area contributed by atoms with Gasteiger partial charge >= 0.3 is 0 Å². The van der Waals surface area contributed by atoms with Crippen LogP contribution in [0.4, 0.5) is 0 Å². The van der Waals surface area contributed by atoms with Crippen LogP contribution in [-0.2, 0) is 6.54 Å². The van der Waals surface area contributed by atoms with E-state index in [1.54, 1.807) is 0 Å². The molecular weight excluding hydrogens is 242 g/mol. The molecule has 2 nitrogen and oxygen atoms in total. The molecule has 0 unspecified atom stereocenters. The molecular formula is C15H23NOS. The molecule has 0 amide bonds. The zero-order valence-electron chi connectivity index (χ0n) is 11.2. The maximum absolute atomic E-state index is 5.58. The Kier molecular flexibility index (Phi) is 5.88. The van der Waals surface area contributed by atoms with Crippen molar-refractivity contribution in [1.29, 1.82) is 0 Å². The lowest BCUT2D eigenvalue weighted by molar-refractivity contribution is 0.317. The van der Waals surface area contributed by atoms with Gasteiger partial charge in [0.1, 0.15) is 5.75 Å². The molecule has 0 radical (unpaired) electrons. The van der Waals surface area contributed by atoms with E-state index in [-0.39, 0.29) is 0 Å². The molecule has 1 aliphatic rings. The molecule has 1 aromatic carbocycles. The van der Waals surface area contributed by atoms with Gasteiger partial charge in [-0.05, 0) is 48.5 Å². The molecule has 0 aliphatic carbocycles. The van der Waals surface area contributed by atoms with Crippen LogP contribution >= 0.6 is 11.8 Å². The van der Waals surface area contributed by atoms with E-state index in [0.29, 0.717) is 6.04 Å². The van der Waals surface area contributed by atoms with Gasteiger partial charge in [-0.3, -0.25) is 0 Å². The van der Waals surface area contributed by atoms with Gasteiger partial charge in [-0.25, -0.2) is 0 Å². The lowest BCUT2D eigenvalue weighted by Crippen LogP contribution is -2.31. The topological polar surface area (TPSA) is 21.3 Å². The predicted octanol–water partition coefficient (Wildman–Crippen LogP) is 3.46. The number of rotatable bonds is 6. The molecule has 1 N–H and O–H groups in total. The average molecular weight is 265 g/mol. The predicted molar refractivity (Wildman–Crippen MR) is 79.4 cm³/mol. The number of nitrogens with one attached hydrogen (secondary N) is 1. The van der Waals surface area contributed by atoms with E-state index in [1.807, 2.05) is 0 Å². The van der Waals surface area contributed by atoms with Gasteiger partial charge < -0.3 is 10.1 Å². The Bertz CT molecular complexity index is 333. The first-order chi connectivity index (χ1) is 8.88. The highest BCUT2D eigenvalue weighted by Crippen LogP contribution is 2.18. The Labute approximate surface area is 114 Å². The van der Waals surface area contributed by atoms with E-state index in [1.165, 1.54) is 29.9 Å². The molecule has 3 heteroatoms. The second-order valence-corrected chi connectivity index (χ2v) is 5.98. The van der Waals surface area contributed by atoms with Crippen molar-refractivity contribution in [2.45, 2.75) is 38.8 Å². The lowest BCUT2D eigenvalue weighted by Gasteiger charge is -2.22. The van der Waals surface area contributed by atoms with Gasteiger partial charge in [0.05, 0.1) is 6.61 Å². The Hall–Kier alpha value is -0.670. The van der Waals surface area contributed by atoms with Crippen molar-refractivity contribution < 1.29 is 4.74 Å². The van der Waals surface area contributed by atoms with Crippen molar-refractivity contribution in [3.05, 3.63) is 29.8 Å². The van der Waals surface area contributed by atoms with Crippen molar-refractivity contribution in [2.24, 2.45) is 0 Å². The van der Waals surface area contributed by atoms with Crippen LogP contribution in [0.5, 0.6) is 5.75 Å². The number of thioether (sulfide) groups is 1. The fraction of sp³-hybridized carbons (Fsp3) is 0.600. The molecule has 100 valence electrons. The second-order valence-electron chi connectivity index (χ2n) is 4.76. The van der Waals surface area contributed by atoms with Crippen molar-refractivity contribution in [1.82, 2.24) is 5.32 Å². The third kappa shape index (κ3) is 4.54. The van der Waals surface area contributed by atoms with E-state index in [0.717, 1.165) is 25.3 Å². The number of ether oxygens (including phenoxy) is 1. The molecule has 0 spiro atoms. The summed E-state index contributed by atoms with van der Waals surface area (Å²) in [5.41, 5.74) is 1.34. The molecule has 18 heavy (non-hydrogen) atoms. The molecule has 1 aromatic rings. The smallest absolute Gasteiger partial charge is 0.119 e. The molecule has 0 saturated carbocycles. The van der Waals surface area contributed by atoms with Gasteiger partial charge in [0.15, 0.2) is 0 Å². The lowest BCUT2D eigenvalue weighted by atomic mass is 10.1. The molecule has 1 aliphatic heterocycles. The molecule has 0 bridgehead atoms. The van der Waals surface area contributed by atoms with Gasteiger partial charge in [0.25, 0.3) is 0 Å². The van der Waals surface area contributed by atoms with E-state index in [4.69, 9.17) is 4.74 Å². The minimum atomic E-state index is 0.710. The van der Waals surface area contributed by atoms with Gasteiger partial charge in [-0.2, -0.15) is 11.8 Å². The van der Waals surface area contributed by atoms with Crippen molar-refractivity contribution in [3.8, 4) is 5.75 Å². The summed E-state index contributed by atoms with van der Waals surface area (Å²) in [4.78, 5) is 0. The SMILES string of the molecule is CCCOc1ccc(CNC2CCSCC2)cc1. The third-order valence-corrected chi connectivity index (χ3v) is 4.26. The second kappa shape index (κ2) is 7.70. The van der Waals surface area contributed by atoms with Crippen LogP contribution in [-0.4, -0.2) is 24.2 Å². The molecule has 1 fully saturated rings. The fourth-order valence-corrected chi connectivity index (χ4v) is 3.19. The number of hydrogen-bond acceptors (Lipinski definition) is 3. The third-order valence-electron chi connectivity index (χ3n) is 3.21. The first-order valence-electron chi connectivity index (χ1n) is 6.91. The van der Waals surface area contributed by atoms with Crippen LogP contribution in [0.2, 0.25) is 0 Å². The van der Waals surface area contributed by atoms with Crippen LogP contribution in [0.1, 0.15) is 31.7 Å².